The van der Waals surface area contributed by atoms with Gasteiger partial charge in [-0.3, -0.25) is 0 Å². The Morgan fingerprint density at radius 3 is 3.17 bits per heavy atom. The largest absolute Gasteiger partial charge is 0.466 e. The Balaban J connectivity index is 2.35. The summed E-state index contributed by atoms with van der Waals surface area (Å²) in [5.74, 6) is -0.320. The zero-order valence-electron chi connectivity index (χ0n) is 6.52. The van der Waals surface area contributed by atoms with Gasteiger partial charge in [-0.05, 0) is 16.9 Å². The number of ether oxygens (including phenoxy) is 1. The summed E-state index contributed by atoms with van der Waals surface area (Å²) in [6.45, 7) is 0. The molecule has 0 aliphatic carbocycles. The first-order chi connectivity index (χ1) is 5.83. The highest BCUT2D eigenvalue weighted by atomic mass is 32.2. The van der Waals surface area contributed by atoms with E-state index in [1.807, 2.05) is 17.5 Å². The van der Waals surface area contributed by atoms with E-state index in [1.54, 1.807) is 16.7 Å². The van der Waals surface area contributed by atoms with Gasteiger partial charge < -0.3 is 4.74 Å². The minimum atomic E-state index is -0.320. The first kappa shape index (κ1) is 9.35. The number of esters is 1. The average Bonchev–Trinajstić information content (AvgIpc) is 2.57. The van der Waals surface area contributed by atoms with Gasteiger partial charge in [-0.2, -0.15) is 0 Å². The summed E-state index contributed by atoms with van der Waals surface area (Å²) < 4.78 is 5.60. The zero-order valence-corrected chi connectivity index (χ0v) is 8.15. The Morgan fingerprint density at radius 1 is 1.75 bits per heavy atom. The fourth-order valence-corrected chi connectivity index (χ4v) is 2.03. The van der Waals surface area contributed by atoms with E-state index in [0.29, 0.717) is 0 Å². The molecule has 0 aromatic carbocycles. The zero-order chi connectivity index (χ0) is 8.81. The van der Waals surface area contributed by atoms with Crippen molar-refractivity contribution in [1.82, 2.24) is 0 Å². The first-order valence-electron chi connectivity index (χ1n) is 3.27. The van der Waals surface area contributed by atoms with Crippen molar-refractivity contribution < 1.29 is 9.53 Å². The van der Waals surface area contributed by atoms with Gasteiger partial charge in [0.15, 0.2) is 0 Å². The molecule has 1 heterocycles. The van der Waals surface area contributed by atoms with Crippen LogP contribution in [0.2, 0.25) is 0 Å². The molecule has 0 amide bonds. The molecule has 0 bridgehead atoms. The fraction of sp³-hybridized carbons (Fsp3) is 0.125. The van der Waals surface area contributed by atoms with Crippen molar-refractivity contribution in [3.8, 4) is 0 Å². The number of thiophene rings is 1. The summed E-state index contributed by atoms with van der Waals surface area (Å²) in [5, 5.41) is 3.71. The van der Waals surface area contributed by atoms with E-state index < -0.39 is 0 Å². The van der Waals surface area contributed by atoms with Crippen LogP contribution >= 0.6 is 23.1 Å². The number of rotatable bonds is 3. The van der Waals surface area contributed by atoms with Crippen molar-refractivity contribution in [2.45, 2.75) is 4.21 Å². The molecule has 0 aliphatic heterocycles. The molecule has 4 heteroatoms. The predicted molar refractivity (Wildman–Crippen MR) is 51.3 cm³/mol. The van der Waals surface area contributed by atoms with Crippen LogP contribution in [0.15, 0.2) is 33.2 Å². The lowest BCUT2D eigenvalue weighted by molar-refractivity contribution is -0.134. The number of methoxy groups -OCH3 is 1. The third-order valence-electron chi connectivity index (χ3n) is 1.08. The fourth-order valence-electron chi connectivity index (χ4n) is 0.555. The number of thioether (sulfide) groups is 1. The van der Waals surface area contributed by atoms with E-state index in [-0.39, 0.29) is 5.97 Å². The summed E-state index contributed by atoms with van der Waals surface area (Å²) in [7, 11) is 1.36. The molecule has 0 spiro atoms. The molecule has 1 aromatic heterocycles. The summed E-state index contributed by atoms with van der Waals surface area (Å²) in [6, 6.07) is 3.97. The molecule has 0 unspecified atom stereocenters. The van der Waals surface area contributed by atoms with E-state index in [2.05, 4.69) is 4.74 Å². The third kappa shape index (κ3) is 3.11. The lowest BCUT2D eigenvalue weighted by atomic mass is 10.7. The predicted octanol–water partition coefficient (Wildman–Crippen LogP) is 2.53. The SMILES string of the molecule is COC(=O)C=CSc1cccs1. The maximum Gasteiger partial charge on any atom is 0.330 e. The Hall–Kier alpha value is -0.740. The molecule has 64 valence electrons. The van der Waals surface area contributed by atoms with Crippen LogP contribution in [-0.2, 0) is 9.53 Å². The van der Waals surface area contributed by atoms with Gasteiger partial charge in [0.05, 0.1) is 11.3 Å². The third-order valence-corrected chi connectivity index (χ3v) is 2.96. The van der Waals surface area contributed by atoms with Gasteiger partial charge in [-0.1, -0.05) is 17.8 Å². The highest BCUT2D eigenvalue weighted by molar-refractivity contribution is 8.03. The molecule has 0 saturated heterocycles. The minimum Gasteiger partial charge on any atom is -0.466 e. The topological polar surface area (TPSA) is 26.3 Å². The van der Waals surface area contributed by atoms with Crippen LogP contribution in [0.3, 0.4) is 0 Å². The lowest BCUT2D eigenvalue weighted by Crippen LogP contribution is -1.92. The first-order valence-corrected chi connectivity index (χ1v) is 5.03. The average molecular weight is 200 g/mol. The summed E-state index contributed by atoms with van der Waals surface area (Å²) in [4.78, 5) is 10.6. The van der Waals surface area contributed by atoms with Crippen LogP contribution < -0.4 is 0 Å². The van der Waals surface area contributed by atoms with Crippen LogP contribution in [0, 0.1) is 0 Å². The smallest absolute Gasteiger partial charge is 0.330 e. The van der Waals surface area contributed by atoms with Crippen molar-refractivity contribution in [2.75, 3.05) is 7.11 Å². The maximum atomic E-state index is 10.6. The molecule has 0 aliphatic rings. The molecule has 12 heavy (non-hydrogen) atoms. The molecule has 0 N–H and O–H groups in total. The number of hydrogen-bond donors (Lipinski definition) is 0. The second-order valence-corrected chi connectivity index (χ2v) is 4.03. The quantitative estimate of drug-likeness (QED) is 0.426. The monoisotopic (exact) mass is 200 g/mol. The Kier molecular flexibility index (Phi) is 3.90. The normalized spacial score (nSPS) is 10.4. The van der Waals surface area contributed by atoms with E-state index in [9.17, 15) is 4.79 Å². The molecule has 2 nitrogen and oxygen atoms in total. The molecule has 0 atom stereocenters. The van der Waals surface area contributed by atoms with Crippen molar-refractivity contribution in [2.24, 2.45) is 0 Å². The second kappa shape index (κ2) is 5.00. The van der Waals surface area contributed by atoms with Crippen LogP contribution in [-0.4, -0.2) is 13.1 Å². The summed E-state index contributed by atoms with van der Waals surface area (Å²) >= 11 is 3.15. The molecule has 1 rings (SSSR count). The van der Waals surface area contributed by atoms with Gasteiger partial charge in [0.1, 0.15) is 0 Å². The van der Waals surface area contributed by atoms with Crippen molar-refractivity contribution >= 4 is 29.1 Å². The second-order valence-electron chi connectivity index (χ2n) is 1.88. The Morgan fingerprint density at radius 2 is 2.58 bits per heavy atom. The van der Waals surface area contributed by atoms with Gasteiger partial charge >= 0.3 is 5.97 Å². The van der Waals surface area contributed by atoms with Crippen LogP contribution in [0.1, 0.15) is 0 Å². The van der Waals surface area contributed by atoms with E-state index in [0.717, 1.165) is 4.21 Å². The van der Waals surface area contributed by atoms with Gasteiger partial charge in [-0.25, -0.2) is 4.79 Å². The molecule has 0 saturated carbocycles. The Bertz CT molecular complexity index is 265. The Labute approximate surface area is 79.2 Å². The number of hydrogen-bond acceptors (Lipinski definition) is 4. The molecule has 0 radical (unpaired) electrons. The number of carbonyl (C=O) groups excluding carboxylic acids is 1. The van der Waals surface area contributed by atoms with Crippen LogP contribution in [0.25, 0.3) is 0 Å². The van der Waals surface area contributed by atoms with E-state index in [4.69, 9.17) is 0 Å². The van der Waals surface area contributed by atoms with Crippen LogP contribution in [0.4, 0.5) is 0 Å². The standard InChI is InChI=1S/C8H8O2S2/c1-10-7(9)4-6-12-8-3-2-5-11-8/h2-6H,1H3. The van der Waals surface area contributed by atoms with Crippen LogP contribution in [0.5, 0.6) is 0 Å². The molecular weight excluding hydrogens is 192 g/mol. The van der Waals surface area contributed by atoms with Crippen molar-refractivity contribution in [3.63, 3.8) is 0 Å². The molecular formula is C8H8O2S2. The van der Waals surface area contributed by atoms with Crippen molar-refractivity contribution in [1.29, 1.82) is 0 Å². The number of carbonyl (C=O) groups is 1. The lowest BCUT2D eigenvalue weighted by Gasteiger charge is -1.88. The van der Waals surface area contributed by atoms with Gasteiger partial charge in [0.25, 0.3) is 0 Å². The minimum absolute atomic E-state index is 0.320. The summed E-state index contributed by atoms with van der Waals surface area (Å²) in [6.07, 6.45) is 1.41. The molecule has 1 aromatic rings. The van der Waals surface area contributed by atoms with Gasteiger partial charge in [-0.15, -0.1) is 11.3 Å². The van der Waals surface area contributed by atoms with Gasteiger partial charge in [0, 0.05) is 6.08 Å². The maximum absolute atomic E-state index is 10.6. The van der Waals surface area contributed by atoms with Gasteiger partial charge in [0.2, 0.25) is 0 Å². The van der Waals surface area contributed by atoms with E-state index in [1.165, 1.54) is 24.9 Å². The highest BCUT2D eigenvalue weighted by Crippen LogP contribution is 2.23. The molecule has 0 fully saturated rings. The van der Waals surface area contributed by atoms with E-state index >= 15 is 0 Å². The van der Waals surface area contributed by atoms with Crippen molar-refractivity contribution in [3.05, 3.63) is 29.0 Å². The highest BCUT2D eigenvalue weighted by Gasteiger charge is 1.92. The summed E-state index contributed by atoms with van der Waals surface area (Å²) in [5.41, 5.74) is 0.